The predicted octanol–water partition coefficient (Wildman–Crippen LogP) is 14.9. The van der Waals surface area contributed by atoms with Crippen molar-refractivity contribution in [3.8, 4) is 0 Å². The van der Waals surface area contributed by atoms with E-state index in [1.54, 1.807) is 0 Å². The molecule has 0 unspecified atom stereocenters. The van der Waals surface area contributed by atoms with Gasteiger partial charge in [-0.3, -0.25) is 9.59 Å². The number of carbonyl (C=O) groups excluding carboxylic acids is 4. The van der Waals surface area contributed by atoms with Gasteiger partial charge in [-0.2, -0.15) is 0 Å². The molecule has 0 aromatic carbocycles. The van der Waals surface area contributed by atoms with Gasteiger partial charge in [0.25, 0.3) is 0 Å². The van der Waals surface area contributed by atoms with Crippen molar-refractivity contribution in [2.45, 2.75) is 280 Å². The van der Waals surface area contributed by atoms with Crippen molar-refractivity contribution in [1.82, 2.24) is 20.9 Å². The molecule has 3 amide bonds. The SMILES string of the molecule is CC[C@H](CC[C@@H](C)[C@H]1CC[C@H]2[C@@H]3CC=C4C[C@@H](OC(=O)CCCC(=O)N(CCCCNCCC(CC)(CC)NC(=O)OC(C)(C)C)CCC(CC)(CC)NC(=O)OC(C)(C)C)CC[C@]4(C)[C@H]3CC[C@]12C)C(C)C. The molecule has 0 aromatic rings. The lowest BCUT2D eigenvalue weighted by Crippen LogP contribution is -2.51. The summed E-state index contributed by atoms with van der Waals surface area (Å²) in [4.78, 5) is 55.2. The molecular formula is C62H112N4O7. The normalized spacial score (nSPS) is 26.2. The van der Waals surface area contributed by atoms with E-state index in [4.69, 9.17) is 14.2 Å². The summed E-state index contributed by atoms with van der Waals surface area (Å²) < 4.78 is 17.5. The summed E-state index contributed by atoms with van der Waals surface area (Å²) >= 11 is 0. The van der Waals surface area contributed by atoms with Crippen LogP contribution in [0.3, 0.4) is 0 Å². The molecule has 11 heteroatoms. The second-order valence-electron chi connectivity index (χ2n) is 26.7. The summed E-state index contributed by atoms with van der Waals surface area (Å²) in [6.07, 6.45) is 22.3. The van der Waals surface area contributed by atoms with E-state index in [-0.39, 0.29) is 47.9 Å². The molecule has 73 heavy (non-hydrogen) atoms. The number of fused-ring (bicyclic) bond motifs is 5. The lowest BCUT2D eigenvalue weighted by Gasteiger charge is -2.58. The van der Waals surface area contributed by atoms with Crippen molar-refractivity contribution in [2.24, 2.45) is 52.3 Å². The summed E-state index contributed by atoms with van der Waals surface area (Å²) in [6, 6.07) is 0. The molecule has 422 valence electrons. The van der Waals surface area contributed by atoms with Gasteiger partial charge < -0.3 is 35.1 Å². The Kier molecular flexibility index (Phi) is 23.6. The molecule has 0 aromatic heterocycles. The largest absolute Gasteiger partial charge is 0.462 e. The molecule has 4 rings (SSSR count). The molecule has 3 fully saturated rings. The van der Waals surface area contributed by atoms with Gasteiger partial charge in [-0.05, 0) is 216 Å². The van der Waals surface area contributed by atoms with Crippen LogP contribution in [-0.4, -0.2) is 83.5 Å². The molecule has 0 spiro atoms. The minimum Gasteiger partial charge on any atom is -0.462 e. The highest BCUT2D eigenvalue weighted by Gasteiger charge is 2.59. The Morgan fingerprint density at radius 3 is 1.90 bits per heavy atom. The van der Waals surface area contributed by atoms with E-state index in [2.05, 4.69) is 91.3 Å². The summed E-state index contributed by atoms with van der Waals surface area (Å²) in [6.45, 7) is 37.2. The van der Waals surface area contributed by atoms with Crippen LogP contribution in [0.2, 0.25) is 0 Å². The Balaban J connectivity index is 1.30. The van der Waals surface area contributed by atoms with E-state index in [1.165, 1.54) is 56.9 Å². The van der Waals surface area contributed by atoms with Crippen molar-refractivity contribution < 1.29 is 33.4 Å². The van der Waals surface area contributed by atoms with Crippen LogP contribution in [0.5, 0.6) is 0 Å². The molecule has 4 aliphatic rings. The zero-order valence-electron chi connectivity index (χ0n) is 49.9. The van der Waals surface area contributed by atoms with Crippen LogP contribution in [0, 0.1) is 52.3 Å². The Morgan fingerprint density at radius 2 is 1.33 bits per heavy atom. The van der Waals surface area contributed by atoms with E-state index in [9.17, 15) is 19.2 Å². The zero-order chi connectivity index (χ0) is 54.4. The van der Waals surface area contributed by atoms with E-state index < -0.39 is 22.8 Å². The van der Waals surface area contributed by atoms with Crippen LogP contribution in [0.4, 0.5) is 9.59 Å². The van der Waals surface area contributed by atoms with E-state index in [0.717, 1.165) is 106 Å². The molecule has 0 aliphatic heterocycles. The van der Waals surface area contributed by atoms with E-state index >= 15 is 0 Å². The monoisotopic (exact) mass is 1020 g/mol. The minimum atomic E-state index is -0.617. The highest BCUT2D eigenvalue weighted by Crippen LogP contribution is 2.67. The standard InChI is InChI=1S/C62H112N4O7/c1-17-46(44(6)7)28-27-45(8)50-31-32-51-49-30-29-47-43-48(33-35-59(47,15)52(49)34-36-60(50,51)16)71-54(68)26-24-25-53(67)66(42-38-62(20-4,21-5)65-56(70)73-58(12,13)14)41-23-22-39-63-40-37-61(18-2,19-3)64-55(69)72-57(9,10)11/h29,44-46,48-52,63H,17-28,30-43H2,1-16H3,(H,64,69)(H,65,70)/t45-,46-,48+,49+,50-,51+,52+,59+,60-/m1/s1. The second kappa shape index (κ2) is 27.5. The van der Waals surface area contributed by atoms with Gasteiger partial charge in [0.05, 0.1) is 0 Å². The Morgan fingerprint density at radius 1 is 0.712 bits per heavy atom. The van der Waals surface area contributed by atoms with Crippen molar-refractivity contribution >= 4 is 24.1 Å². The third kappa shape index (κ3) is 17.6. The number of ether oxygens (including phenoxy) is 3. The van der Waals surface area contributed by atoms with Crippen molar-refractivity contribution in [1.29, 1.82) is 0 Å². The van der Waals surface area contributed by atoms with Crippen LogP contribution in [-0.2, 0) is 23.8 Å². The number of carbonyl (C=O) groups is 4. The van der Waals surface area contributed by atoms with E-state index in [0.29, 0.717) is 44.2 Å². The number of esters is 1. The summed E-state index contributed by atoms with van der Waals surface area (Å²) in [7, 11) is 0. The molecule has 11 nitrogen and oxygen atoms in total. The zero-order valence-corrected chi connectivity index (χ0v) is 49.9. The number of alkyl carbamates (subject to hydrolysis) is 2. The van der Waals surface area contributed by atoms with Gasteiger partial charge >= 0.3 is 18.2 Å². The molecule has 9 atom stereocenters. The minimum absolute atomic E-state index is 0.0289. The fraction of sp³-hybridized carbons (Fsp3) is 0.903. The highest BCUT2D eigenvalue weighted by atomic mass is 16.6. The van der Waals surface area contributed by atoms with Gasteiger partial charge in [0.15, 0.2) is 0 Å². The topological polar surface area (TPSA) is 135 Å². The first-order valence-electron chi connectivity index (χ1n) is 30.1. The van der Waals surface area contributed by atoms with Crippen LogP contribution in [0.25, 0.3) is 0 Å². The van der Waals surface area contributed by atoms with Crippen molar-refractivity contribution in [3.63, 3.8) is 0 Å². The number of allylic oxidation sites excluding steroid dienone is 1. The Bertz CT molecular complexity index is 1780. The average molecular weight is 1030 g/mol. The molecular weight excluding hydrogens is 913 g/mol. The third-order valence-electron chi connectivity index (χ3n) is 19.6. The molecule has 0 radical (unpaired) electrons. The number of unbranched alkanes of at least 4 members (excludes halogenated alkanes) is 1. The van der Waals surface area contributed by atoms with Crippen LogP contribution >= 0.6 is 0 Å². The van der Waals surface area contributed by atoms with Gasteiger partial charge in [0, 0.05) is 43.4 Å². The second-order valence-corrected chi connectivity index (χ2v) is 26.7. The number of rotatable bonds is 28. The third-order valence-corrected chi connectivity index (χ3v) is 19.6. The van der Waals surface area contributed by atoms with Crippen LogP contribution < -0.4 is 16.0 Å². The maximum atomic E-state index is 14.1. The number of hydrogen-bond acceptors (Lipinski definition) is 8. The Hall–Kier alpha value is -2.82. The van der Waals surface area contributed by atoms with Gasteiger partial charge in [-0.25, -0.2) is 9.59 Å². The Labute approximate surface area is 447 Å². The maximum Gasteiger partial charge on any atom is 0.408 e. The van der Waals surface area contributed by atoms with Gasteiger partial charge in [0.2, 0.25) is 5.91 Å². The van der Waals surface area contributed by atoms with Crippen molar-refractivity contribution in [3.05, 3.63) is 11.6 Å². The molecule has 0 bridgehead atoms. The summed E-state index contributed by atoms with van der Waals surface area (Å²) in [5, 5.41) is 9.88. The first-order chi connectivity index (χ1) is 34.2. The number of nitrogens with one attached hydrogen (secondary N) is 3. The van der Waals surface area contributed by atoms with Crippen LogP contribution in [0.1, 0.15) is 252 Å². The van der Waals surface area contributed by atoms with Gasteiger partial charge in [-0.1, -0.05) is 93.7 Å². The lowest BCUT2D eigenvalue weighted by molar-refractivity contribution is -0.151. The molecule has 0 heterocycles. The molecule has 3 saturated carbocycles. The van der Waals surface area contributed by atoms with E-state index in [1.807, 2.05) is 46.4 Å². The molecule has 3 N–H and O–H groups in total. The molecule has 4 aliphatic carbocycles. The lowest BCUT2D eigenvalue weighted by atomic mass is 9.47. The summed E-state index contributed by atoms with van der Waals surface area (Å²) in [5.41, 5.74) is 0.150. The molecule has 0 saturated heterocycles. The first kappa shape index (κ1) is 62.7. The number of amides is 3. The summed E-state index contributed by atoms with van der Waals surface area (Å²) in [5.74, 6) is 5.42. The van der Waals surface area contributed by atoms with Gasteiger partial charge in [-0.15, -0.1) is 0 Å². The van der Waals surface area contributed by atoms with Crippen molar-refractivity contribution in [2.75, 3.05) is 26.2 Å². The maximum absolute atomic E-state index is 14.1. The van der Waals surface area contributed by atoms with Gasteiger partial charge in [0.1, 0.15) is 17.3 Å². The fourth-order valence-electron chi connectivity index (χ4n) is 14.6. The number of nitrogens with zero attached hydrogens (tertiary/aromatic N) is 1. The first-order valence-corrected chi connectivity index (χ1v) is 30.1. The quantitative estimate of drug-likeness (QED) is 0.0305. The average Bonchev–Trinajstić information content (AvgIpc) is 3.67. The number of hydrogen-bond donors (Lipinski definition) is 3. The predicted molar refractivity (Wildman–Crippen MR) is 299 cm³/mol. The fourth-order valence-corrected chi connectivity index (χ4v) is 14.6. The highest BCUT2D eigenvalue weighted by molar-refractivity contribution is 5.77. The van der Waals surface area contributed by atoms with Crippen LogP contribution in [0.15, 0.2) is 11.6 Å². The smallest absolute Gasteiger partial charge is 0.408 e.